The van der Waals surface area contributed by atoms with Crippen LogP contribution < -0.4 is 4.74 Å². The van der Waals surface area contributed by atoms with Crippen molar-refractivity contribution in [1.82, 2.24) is 0 Å². The average molecular weight is 269 g/mol. The SMILES string of the molecule is O=[N+]([O-])c1ccc(OCC(O)C(F)(F)F)c(F)c1. The van der Waals surface area contributed by atoms with Gasteiger partial charge in [-0.1, -0.05) is 0 Å². The first-order chi connectivity index (χ1) is 8.21. The van der Waals surface area contributed by atoms with Crippen molar-refractivity contribution in [2.75, 3.05) is 6.61 Å². The minimum atomic E-state index is -4.88. The van der Waals surface area contributed by atoms with Crippen LogP contribution in [0.4, 0.5) is 23.2 Å². The van der Waals surface area contributed by atoms with E-state index in [-0.39, 0.29) is 0 Å². The molecule has 0 aliphatic heterocycles. The van der Waals surface area contributed by atoms with Gasteiger partial charge in [0.05, 0.1) is 11.0 Å². The van der Waals surface area contributed by atoms with Crippen LogP contribution in [-0.2, 0) is 0 Å². The van der Waals surface area contributed by atoms with Gasteiger partial charge in [0.15, 0.2) is 17.7 Å². The Labute approximate surface area is 97.7 Å². The highest BCUT2D eigenvalue weighted by Gasteiger charge is 2.38. The fraction of sp³-hybridized carbons (Fsp3) is 0.333. The van der Waals surface area contributed by atoms with Crippen LogP contribution in [0.5, 0.6) is 5.75 Å². The minimum Gasteiger partial charge on any atom is -0.487 e. The predicted molar refractivity (Wildman–Crippen MR) is 50.6 cm³/mol. The van der Waals surface area contributed by atoms with Gasteiger partial charge in [0.2, 0.25) is 0 Å². The number of nitrogens with zero attached hydrogens (tertiary/aromatic N) is 1. The number of benzene rings is 1. The van der Waals surface area contributed by atoms with Crippen LogP contribution in [0.3, 0.4) is 0 Å². The van der Waals surface area contributed by atoms with E-state index in [2.05, 4.69) is 4.74 Å². The highest BCUT2D eigenvalue weighted by atomic mass is 19.4. The maximum absolute atomic E-state index is 13.2. The zero-order chi connectivity index (χ0) is 13.9. The van der Waals surface area contributed by atoms with Crippen molar-refractivity contribution in [2.24, 2.45) is 0 Å². The highest BCUT2D eigenvalue weighted by molar-refractivity contribution is 5.37. The number of ether oxygens (including phenoxy) is 1. The van der Waals surface area contributed by atoms with E-state index in [1.807, 2.05) is 0 Å². The lowest BCUT2D eigenvalue weighted by Gasteiger charge is -2.15. The Balaban J connectivity index is 2.72. The Kier molecular flexibility index (Phi) is 4.07. The second-order valence-electron chi connectivity index (χ2n) is 3.24. The summed E-state index contributed by atoms with van der Waals surface area (Å²) in [6, 6.07) is 2.20. The molecule has 0 heterocycles. The van der Waals surface area contributed by atoms with E-state index in [9.17, 15) is 27.7 Å². The molecule has 0 saturated carbocycles. The van der Waals surface area contributed by atoms with Gasteiger partial charge in [0.25, 0.3) is 5.69 Å². The molecule has 18 heavy (non-hydrogen) atoms. The Morgan fingerprint density at radius 1 is 1.44 bits per heavy atom. The summed E-state index contributed by atoms with van der Waals surface area (Å²) in [5.74, 6) is -1.79. The van der Waals surface area contributed by atoms with Crippen molar-refractivity contribution in [3.63, 3.8) is 0 Å². The first-order valence-electron chi connectivity index (χ1n) is 4.53. The number of aliphatic hydroxyl groups is 1. The van der Waals surface area contributed by atoms with Crippen molar-refractivity contribution in [1.29, 1.82) is 0 Å². The number of nitro groups is 1. The van der Waals surface area contributed by atoms with E-state index >= 15 is 0 Å². The maximum Gasteiger partial charge on any atom is 0.417 e. The Morgan fingerprint density at radius 2 is 2.06 bits per heavy atom. The predicted octanol–water partition coefficient (Wildman–Crippen LogP) is 2.04. The summed E-state index contributed by atoms with van der Waals surface area (Å²) in [5.41, 5.74) is -0.559. The summed E-state index contributed by atoms with van der Waals surface area (Å²) in [5, 5.41) is 18.9. The van der Waals surface area contributed by atoms with Crippen molar-refractivity contribution >= 4 is 5.69 Å². The quantitative estimate of drug-likeness (QED) is 0.515. The fourth-order valence-electron chi connectivity index (χ4n) is 0.984. The van der Waals surface area contributed by atoms with E-state index in [4.69, 9.17) is 5.11 Å². The number of alkyl halides is 3. The number of nitro benzene ring substituents is 1. The molecular weight excluding hydrogens is 262 g/mol. The van der Waals surface area contributed by atoms with Crippen molar-refractivity contribution in [3.05, 3.63) is 34.1 Å². The zero-order valence-electron chi connectivity index (χ0n) is 8.65. The Hall–Kier alpha value is -1.90. The van der Waals surface area contributed by atoms with E-state index in [0.717, 1.165) is 12.1 Å². The zero-order valence-corrected chi connectivity index (χ0v) is 8.65. The monoisotopic (exact) mass is 269 g/mol. The van der Waals surface area contributed by atoms with Gasteiger partial charge in [-0.3, -0.25) is 10.1 Å². The molecule has 0 saturated heterocycles. The van der Waals surface area contributed by atoms with Crippen molar-refractivity contribution in [2.45, 2.75) is 12.3 Å². The lowest BCUT2D eigenvalue weighted by atomic mass is 10.3. The largest absolute Gasteiger partial charge is 0.487 e. The van der Waals surface area contributed by atoms with Crippen LogP contribution >= 0.6 is 0 Å². The fourth-order valence-corrected chi connectivity index (χ4v) is 0.984. The molecule has 0 bridgehead atoms. The number of halogens is 4. The molecule has 1 rings (SSSR count). The van der Waals surface area contributed by atoms with Gasteiger partial charge in [-0.25, -0.2) is 4.39 Å². The molecule has 0 aliphatic rings. The first-order valence-corrected chi connectivity index (χ1v) is 4.53. The van der Waals surface area contributed by atoms with E-state index in [0.29, 0.717) is 6.07 Å². The summed E-state index contributed by atoms with van der Waals surface area (Å²) in [7, 11) is 0. The lowest BCUT2D eigenvalue weighted by Crippen LogP contribution is -2.34. The number of hydrogen-bond donors (Lipinski definition) is 1. The third-order valence-corrected chi connectivity index (χ3v) is 1.90. The van der Waals surface area contributed by atoms with E-state index < -0.39 is 41.1 Å². The van der Waals surface area contributed by atoms with Crippen LogP contribution in [0.1, 0.15) is 0 Å². The van der Waals surface area contributed by atoms with Gasteiger partial charge in [-0.2, -0.15) is 13.2 Å². The molecule has 0 aromatic heterocycles. The molecule has 0 fully saturated rings. The lowest BCUT2D eigenvalue weighted by molar-refractivity contribution is -0.385. The van der Waals surface area contributed by atoms with Gasteiger partial charge in [0, 0.05) is 6.07 Å². The van der Waals surface area contributed by atoms with Gasteiger partial charge in [-0.15, -0.1) is 0 Å². The highest BCUT2D eigenvalue weighted by Crippen LogP contribution is 2.25. The topological polar surface area (TPSA) is 72.6 Å². The molecule has 1 unspecified atom stereocenters. The number of aliphatic hydroxyl groups excluding tert-OH is 1. The third-order valence-electron chi connectivity index (χ3n) is 1.90. The summed E-state index contributed by atoms with van der Waals surface area (Å²) in [6.07, 6.45) is -7.64. The van der Waals surface area contributed by atoms with Crippen LogP contribution in [-0.4, -0.2) is 28.9 Å². The van der Waals surface area contributed by atoms with Gasteiger partial charge in [0.1, 0.15) is 6.61 Å². The number of rotatable bonds is 4. The summed E-state index contributed by atoms with van der Waals surface area (Å²) >= 11 is 0. The van der Waals surface area contributed by atoms with E-state index in [1.165, 1.54) is 0 Å². The summed E-state index contributed by atoms with van der Waals surface area (Å²) in [6.45, 7) is -1.20. The molecule has 1 aromatic rings. The van der Waals surface area contributed by atoms with Gasteiger partial charge < -0.3 is 9.84 Å². The van der Waals surface area contributed by atoms with Crippen LogP contribution in [0, 0.1) is 15.9 Å². The molecule has 9 heteroatoms. The molecule has 100 valence electrons. The third kappa shape index (κ3) is 3.55. The molecule has 0 radical (unpaired) electrons. The molecule has 0 aliphatic carbocycles. The van der Waals surface area contributed by atoms with Gasteiger partial charge in [-0.05, 0) is 6.07 Å². The summed E-state index contributed by atoms with van der Waals surface area (Å²) in [4.78, 5) is 9.41. The van der Waals surface area contributed by atoms with Crippen LogP contribution in [0.25, 0.3) is 0 Å². The molecular formula is C9H7F4NO4. The van der Waals surface area contributed by atoms with E-state index in [1.54, 1.807) is 0 Å². The second kappa shape index (κ2) is 5.17. The molecule has 1 N–H and O–H groups in total. The molecule has 1 atom stereocenters. The van der Waals surface area contributed by atoms with Crippen molar-refractivity contribution < 1.29 is 32.3 Å². The van der Waals surface area contributed by atoms with Gasteiger partial charge >= 0.3 is 6.18 Å². The minimum absolute atomic E-state index is 0.509. The standard InChI is InChI=1S/C9H7F4NO4/c10-6-3-5(14(16)17)1-2-7(6)18-4-8(15)9(11,12)13/h1-3,8,15H,4H2. The van der Waals surface area contributed by atoms with Crippen LogP contribution in [0.15, 0.2) is 18.2 Å². The normalized spacial score (nSPS) is 13.2. The molecule has 5 nitrogen and oxygen atoms in total. The Bertz CT molecular complexity index is 449. The van der Waals surface area contributed by atoms with Crippen molar-refractivity contribution in [3.8, 4) is 5.75 Å². The Morgan fingerprint density at radius 3 is 2.50 bits per heavy atom. The number of hydrogen-bond acceptors (Lipinski definition) is 4. The average Bonchev–Trinajstić information content (AvgIpc) is 2.25. The molecule has 0 amide bonds. The number of non-ortho nitro benzene ring substituents is 1. The second-order valence-corrected chi connectivity index (χ2v) is 3.24. The molecule has 1 aromatic carbocycles. The maximum atomic E-state index is 13.2. The first kappa shape index (κ1) is 14.2. The molecule has 0 spiro atoms. The smallest absolute Gasteiger partial charge is 0.417 e. The van der Waals surface area contributed by atoms with Crippen LogP contribution in [0.2, 0.25) is 0 Å². The summed E-state index contributed by atoms with van der Waals surface area (Å²) < 4.78 is 53.3.